The molecule has 0 radical (unpaired) electrons. The Hall–Kier alpha value is -1.15. The standard InChI is InChI=1S/C13H18F4N2OS/c1-7(19-21(20)12(2,3)4)9-5-8(18)6-10(11(9)14)13(15,16)17/h5-7,19H,18H2,1-4H3. The van der Waals surface area contributed by atoms with Gasteiger partial charge in [0, 0.05) is 17.3 Å². The van der Waals surface area contributed by atoms with E-state index in [1.165, 1.54) is 6.92 Å². The van der Waals surface area contributed by atoms with Crippen LogP contribution in [0.25, 0.3) is 0 Å². The molecule has 2 atom stereocenters. The highest BCUT2D eigenvalue weighted by Gasteiger charge is 2.36. The third-order valence-corrected chi connectivity index (χ3v) is 4.41. The van der Waals surface area contributed by atoms with Crippen molar-refractivity contribution in [3.63, 3.8) is 0 Å². The second-order valence-electron chi connectivity index (χ2n) is 5.69. The van der Waals surface area contributed by atoms with Gasteiger partial charge in [-0.25, -0.2) is 13.3 Å². The number of anilines is 1. The molecule has 0 aliphatic rings. The zero-order valence-electron chi connectivity index (χ0n) is 12.1. The topological polar surface area (TPSA) is 55.1 Å². The van der Waals surface area contributed by atoms with Crippen molar-refractivity contribution < 1.29 is 21.8 Å². The maximum absolute atomic E-state index is 14.0. The molecule has 1 aromatic rings. The monoisotopic (exact) mass is 326 g/mol. The van der Waals surface area contributed by atoms with E-state index in [1.807, 2.05) is 0 Å². The molecule has 21 heavy (non-hydrogen) atoms. The van der Waals surface area contributed by atoms with Gasteiger partial charge >= 0.3 is 6.18 Å². The third-order valence-electron chi connectivity index (χ3n) is 2.73. The van der Waals surface area contributed by atoms with Crippen molar-refractivity contribution in [1.29, 1.82) is 0 Å². The number of hydrogen-bond donors (Lipinski definition) is 2. The summed E-state index contributed by atoms with van der Waals surface area (Å²) in [6.07, 6.45) is -4.84. The lowest BCUT2D eigenvalue weighted by atomic mass is 10.0. The minimum atomic E-state index is -4.84. The maximum Gasteiger partial charge on any atom is 0.419 e. The number of halogens is 4. The lowest BCUT2D eigenvalue weighted by Gasteiger charge is -2.23. The molecule has 1 aromatic carbocycles. The summed E-state index contributed by atoms with van der Waals surface area (Å²) in [5, 5.41) is 0. The first-order valence-corrected chi connectivity index (χ1v) is 7.33. The van der Waals surface area contributed by atoms with E-state index in [0.29, 0.717) is 6.07 Å². The predicted octanol–water partition coefficient (Wildman–Crippen LogP) is 3.54. The predicted molar refractivity (Wildman–Crippen MR) is 75.3 cm³/mol. The molecule has 0 fully saturated rings. The quantitative estimate of drug-likeness (QED) is 0.659. The summed E-state index contributed by atoms with van der Waals surface area (Å²) in [7, 11) is -1.55. The Morgan fingerprint density at radius 1 is 1.24 bits per heavy atom. The van der Waals surface area contributed by atoms with Gasteiger partial charge in [0.25, 0.3) is 0 Å². The van der Waals surface area contributed by atoms with Gasteiger partial charge in [0.15, 0.2) is 0 Å². The third kappa shape index (κ3) is 4.41. The van der Waals surface area contributed by atoms with Crippen LogP contribution < -0.4 is 10.5 Å². The lowest BCUT2D eigenvalue weighted by molar-refractivity contribution is -0.140. The number of benzene rings is 1. The second-order valence-corrected chi connectivity index (χ2v) is 7.69. The van der Waals surface area contributed by atoms with Crippen molar-refractivity contribution in [3.05, 3.63) is 29.1 Å². The van der Waals surface area contributed by atoms with Crippen LogP contribution in [0.1, 0.15) is 44.9 Å². The zero-order valence-corrected chi connectivity index (χ0v) is 13.0. The molecule has 0 heterocycles. The van der Waals surface area contributed by atoms with Crippen LogP contribution in [0.3, 0.4) is 0 Å². The second kappa shape index (κ2) is 5.92. The zero-order chi connectivity index (χ0) is 16.6. The molecule has 0 saturated heterocycles. The molecule has 3 N–H and O–H groups in total. The fourth-order valence-electron chi connectivity index (χ4n) is 1.59. The maximum atomic E-state index is 14.0. The van der Waals surface area contributed by atoms with Gasteiger partial charge in [-0.3, -0.25) is 0 Å². The van der Waals surface area contributed by atoms with Crippen LogP contribution in [-0.2, 0) is 17.2 Å². The first-order valence-electron chi connectivity index (χ1n) is 6.18. The van der Waals surface area contributed by atoms with Crippen molar-refractivity contribution in [1.82, 2.24) is 4.72 Å². The van der Waals surface area contributed by atoms with Crippen LogP contribution in [0.2, 0.25) is 0 Å². The Balaban J connectivity index is 3.20. The Morgan fingerprint density at radius 3 is 2.19 bits per heavy atom. The SMILES string of the molecule is CC(NS(=O)C(C)(C)C)c1cc(N)cc(C(F)(F)F)c1F. The summed E-state index contributed by atoms with van der Waals surface area (Å²) >= 11 is 0. The molecule has 0 saturated carbocycles. The summed E-state index contributed by atoms with van der Waals surface area (Å²) in [5.41, 5.74) is 3.52. The van der Waals surface area contributed by atoms with E-state index in [-0.39, 0.29) is 11.3 Å². The Bertz CT molecular complexity index is 552. The van der Waals surface area contributed by atoms with Crippen LogP contribution in [0.5, 0.6) is 0 Å². The summed E-state index contributed by atoms with van der Waals surface area (Å²) in [5.74, 6) is -1.40. The molecule has 2 unspecified atom stereocenters. The molecule has 3 nitrogen and oxygen atoms in total. The van der Waals surface area contributed by atoms with E-state index in [9.17, 15) is 21.8 Å². The van der Waals surface area contributed by atoms with E-state index in [4.69, 9.17) is 5.73 Å². The van der Waals surface area contributed by atoms with Crippen LogP contribution >= 0.6 is 0 Å². The first-order chi connectivity index (χ1) is 9.34. The van der Waals surface area contributed by atoms with Crippen molar-refractivity contribution in [2.45, 2.75) is 44.7 Å². The highest BCUT2D eigenvalue weighted by molar-refractivity contribution is 7.84. The number of rotatable bonds is 3. The Kier molecular flexibility index (Phi) is 5.05. The average Bonchev–Trinajstić information content (AvgIpc) is 2.28. The van der Waals surface area contributed by atoms with Crippen LogP contribution in [0, 0.1) is 5.82 Å². The Labute approximate surface area is 123 Å². The number of nitrogen functional groups attached to an aromatic ring is 1. The van der Waals surface area contributed by atoms with Gasteiger partial charge in [-0.2, -0.15) is 13.2 Å². The smallest absolute Gasteiger partial charge is 0.399 e. The lowest BCUT2D eigenvalue weighted by Crippen LogP contribution is -2.35. The fraction of sp³-hybridized carbons (Fsp3) is 0.538. The van der Waals surface area contributed by atoms with Crippen LogP contribution in [0.15, 0.2) is 12.1 Å². The van der Waals surface area contributed by atoms with Crippen molar-refractivity contribution in [2.75, 3.05) is 5.73 Å². The van der Waals surface area contributed by atoms with E-state index >= 15 is 0 Å². The molecule has 0 aliphatic carbocycles. The molecule has 0 amide bonds. The minimum Gasteiger partial charge on any atom is -0.399 e. The number of nitrogens with one attached hydrogen (secondary N) is 1. The summed E-state index contributed by atoms with van der Waals surface area (Å²) in [6, 6.07) is 0.781. The molecule has 120 valence electrons. The fourth-order valence-corrected chi connectivity index (χ4v) is 2.39. The largest absolute Gasteiger partial charge is 0.419 e. The van der Waals surface area contributed by atoms with Gasteiger partial charge in [0.2, 0.25) is 0 Å². The van der Waals surface area contributed by atoms with Gasteiger partial charge in [-0.15, -0.1) is 0 Å². The van der Waals surface area contributed by atoms with Crippen molar-refractivity contribution in [2.24, 2.45) is 0 Å². The van der Waals surface area contributed by atoms with Gasteiger partial charge in [0.05, 0.1) is 21.3 Å². The van der Waals surface area contributed by atoms with Crippen molar-refractivity contribution >= 4 is 16.7 Å². The highest BCUT2D eigenvalue weighted by atomic mass is 32.2. The number of alkyl halides is 3. The number of nitrogens with two attached hydrogens (primary N) is 1. The van der Waals surface area contributed by atoms with Gasteiger partial charge < -0.3 is 5.73 Å². The molecule has 1 rings (SSSR count). The van der Waals surface area contributed by atoms with E-state index in [1.54, 1.807) is 20.8 Å². The summed E-state index contributed by atoms with van der Waals surface area (Å²) < 4.78 is 66.2. The van der Waals surface area contributed by atoms with Crippen molar-refractivity contribution in [3.8, 4) is 0 Å². The summed E-state index contributed by atoms with van der Waals surface area (Å²) in [6.45, 7) is 6.51. The number of hydrogen-bond acceptors (Lipinski definition) is 2. The molecule has 0 aromatic heterocycles. The van der Waals surface area contributed by atoms with E-state index < -0.39 is 39.3 Å². The summed E-state index contributed by atoms with van der Waals surface area (Å²) in [4.78, 5) is 0. The molecule has 0 bridgehead atoms. The first kappa shape index (κ1) is 17.9. The normalized spacial score (nSPS) is 15.8. The van der Waals surface area contributed by atoms with Crippen LogP contribution in [-0.4, -0.2) is 8.96 Å². The van der Waals surface area contributed by atoms with Gasteiger partial charge in [0.1, 0.15) is 5.82 Å². The van der Waals surface area contributed by atoms with Gasteiger partial charge in [-0.1, -0.05) is 0 Å². The molecule has 0 spiro atoms. The molecule has 8 heteroatoms. The molecular formula is C13H18F4N2OS. The highest BCUT2D eigenvalue weighted by Crippen LogP contribution is 2.35. The average molecular weight is 326 g/mol. The minimum absolute atomic E-state index is 0.200. The van der Waals surface area contributed by atoms with E-state index in [2.05, 4.69) is 4.72 Å². The van der Waals surface area contributed by atoms with Gasteiger partial charge in [-0.05, 0) is 39.8 Å². The molecule has 0 aliphatic heterocycles. The van der Waals surface area contributed by atoms with Crippen LogP contribution in [0.4, 0.5) is 23.2 Å². The molecular weight excluding hydrogens is 308 g/mol. The van der Waals surface area contributed by atoms with E-state index in [0.717, 1.165) is 6.07 Å². The Morgan fingerprint density at radius 2 is 1.76 bits per heavy atom.